The smallest absolute Gasteiger partial charge is 0.237 e. The van der Waals surface area contributed by atoms with E-state index in [1.54, 1.807) is 6.92 Å². The Balaban J connectivity index is 2.29. The Morgan fingerprint density at radius 1 is 1.47 bits per heavy atom. The Bertz CT molecular complexity index is 265. The molecule has 0 spiro atoms. The predicted octanol–water partition coefficient (Wildman–Crippen LogP) is 1.09. The number of piperidine rings is 1. The Hall–Kier alpha value is -0.610. The minimum absolute atomic E-state index is 0.405. The number of rotatable bonds is 5. The molecule has 4 heteroatoms. The maximum atomic E-state index is 11.1. The lowest BCUT2D eigenvalue weighted by atomic mass is 9.92. The summed E-state index contributed by atoms with van der Waals surface area (Å²) in [4.78, 5) is 13.6. The zero-order valence-corrected chi connectivity index (χ0v) is 11.4. The zero-order chi connectivity index (χ0) is 13.1. The summed E-state index contributed by atoms with van der Waals surface area (Å²) in [6, 6.07) is 0.649. The van der Waals surface area contributed by atoms with Crippen molar-refractivity contribution in [3.8, 4) is 0 Å². The van der Waals surface area contributed by atoms with E-state index < -0.39 is 11.4 Å². The standard InChI is InChI=1S/C13H27N3O/c1-10-5-8-16(11(2)9-10)7-4-6-13(3,15)12(14)17/h10-11H,4-9,15H2,1-3H3,(H2,14,17). The third-order valence-electron chi connectivity index (χ3n) is 3.98. The summed E-state index contributed by atoms with van der Waals surface area (Å²) < 4.78 is 0. The first kappa shape index (κ1) is 14.5. The van der Waals surface area contributed by atoms with Crippen LogP contribution in [0.25, 0.3) is 0 Å². The maximum absolute atomic E-state index is 11.1. The van der Waals surface area contributed by atoms with Gasteiger partial charge in [0, 0.05) is 6.04 Å². The van der Waals surface area contributed by atoms with E-state index in [-0.39, 0.29) is 0 Å². The lowest BCUT2D eigenvalue weighted by molar-refractivity contribution is -0.122. The molecule has 0 aromatic carbocycles. The molecule has 1 aliphatic rings. The fourth-order valence-corrected chi connectivity index (χ4v) is 2.56. The van der Waals surface area contributed by atoms with Crippen LogP contribution in [0, 0.1) is 5.92 Å². The number of likely N-dealkylation sites (tertiary alicyclic amines) is 1. The first-order valence-corrected chi connectivity index (χ1v) is 6.66. The minimum atomic E-state index is -0.855. The number of nitrogens with two attached hydrogens (primary N) is 2. The number of primary amides is 1. The average molecular weight is 241 g/mol. The summed E-state index contributed by atoms with van der Waals surface area (Å²) in [7, 11) is 0. The van der Waals surface area contributed by atoms with Gasteiger partial charge in [0.2, 0.25) is 5.91 Å². The van der Waals surface area contributed by atoms with Crippen molar-refractivity contribution in [2.75, 3.05) is 13.1 Å². The number of amides is 1. The Morgan fingerprint density at radius 2 is 2.12 bits per heavy atom. The van der Waals surface area contributed by atoms with Gasteiger partial charge in [-0.05, 0) is 58.5 Å². The Morgan fingerprint density at radius 3 is 2.65 bits per heavy atom. The molecule has 0 aromatic rings. The summed E-state index contributed by atoms with van der Waals surface area (Å²) in [5.41, 5.74) is 10.2. The fraction of sp³-hybridized carbons (Fsp3) is 0.923. The molecular formula is C13H27N3O. The molecular weight excluding hydrogens is 214 g/mol. The van der Waals surface area contributed by atoms with Gasteiger partial charge < -0.3 is 16.4 Å². The maximum Gasteiger partial charge on any atom is 0.237 e. The molecule has 1 heterocycles. The van der Waals surface area contributed by atoms with Crippen molar-refractivity contribution in [3.05, 3.63) is 0 Å². The van der Waals surface area contributed by atoms with Gasteiger partial charge in [0.25, 0.3) is 0 Å². The summed E-state index contributed by atoms with van der Waals surface area (Å²) in [5, 5.41) is 0. The Kier molecular flexibility index (Phi) is 4.95. The van der Waals surface area contributed by atoms with Gasteiger partial charge >= 0.3 is 0 Å². The van der Waals surface area contributed by atoms with E-state index in [4.69, 9.17) is 11.5 Å². The molecule has 100 valence electrons. The van der Waals surface area contributed by atoms with Crippen LogP contribution in [0.1, 0.15) is 46.5 Å². The topological polar surface area (TPSA) is 72.3 Å². The van der Waals surface area contributed by atoms with Crippen LogP contribution in [0.3, 0.4) is 0 Å². The van der Waals surface area contributed by atoms with Gasteiger partial charge in [-0.25, -0.2) is 0 Å². The van der Waals surface area contributed by atoms with Gasteiger partial charge in [-0.1, -0.05) is 6.92 Å². The number of hydrogen-bond acceptors (Lipinski definition) is 3. The minimum Gasteiger partial charge on any atom is -0.368 e. The predicted molar refractivity (Wildman–Crippen MR) is 70.5 cm³/mol. The van der Waals surface area contributed by atoms with Crippen LogP contribution >= 0.6 is 0 Å². The number of nitrogens with zero attached hydrogens (tertiary/aromatic N) is 1. The summed E-state index contributed by atoms with van der Waals surface area (Å²) in [6.45, 7) is 8.51. The average Bonchev–Trinajstić information content (AvgIpc) is 2.21. The molecule has 0 aliphatic carbocycles. The van der Waals surface area contributed by atoms with Crippen molar-refractivity contribution in [2.24, 2.45) is 17.4 Å². The summed E-state index contributed by atoms with van der Waals surface area (Å²) in [5.74, 6) is 0.435. The second-order valence-electron chi connectivity index (χ2n) is 5.90. The lowest BCUT2D eigenvalue weighted by Crippen LogP contribution is -2.50. The SMILES string of the molecule is CC1CCN(CCCC(C)(N)C(N)=O)C(C)C1. The van der Waals surface area contributed by atoms with Gasteiger partial charge in [-0.15, -0.1) is 0 Å². The van der Waals surface area contributed by atoms with Gasteiger partial charge in [0.1, 0.15) is 0 Å². The molecule has 1 fully saturated rings. The van der Waals surface area contributed by atoms with Gasteiger partial charge in [0.15, 0.2) is 0 Å². The Labute approximate surface area is 105 Å². The zero-order valence-electron chi connectivity index (χ0n) is 11.4. The number of hydrogen-bond donors (Lipinski definition) is 2. The highest BCUT2D eigenvalue weighted by molar-refractivity contribution is 5.83. The highest BCUT2D eigenvalue weighted by atomic mass is 16.1. The molecule has 0 radical (unpaired) electrons. The van der Waals surface area contributed by atoms with Crippen molar-refractivity contribution >= 4 is 5.91 Å². The van der Waals surface area contributed by atoms with Crippen molar-refractivity contribution in [1.29, 1.82) is 0 Å². The van der Waals surface area contributed by atoms with Crippen molar-refractivity contribution in [3.63, 3.8) is 0 Å². The first-order valence-electron chi connectivity index (χ1n) is 6.66. The number of carbonyl (C=O) groups excluding carboxylic acids is 1. The molecule has 17 heavy (non-hydrogen) atoms. The summed E-state index contributed by atoms with van der Waals surface area (Å²) >= 11 is 0. The van der Waals surface area contributed by atoms with Crippen molar-refractivity contribution in [2.45, 2.75) is 58.0 Å². The van der Waals surface area contributed by atoms with Crippen LogP contribution in [0.4, 0.5) is 0 Å². The lowest BCUT2D eigenvalue weighted by Gasteiger charge is -2.37. The normalized spacial score (nSPS) is 29.9. The molecule has 0 saturated carbocycles. The molecule has 0 aromatic heterocycles. The van der Waals surface area contributed by atoms with Gasteiger partial charge in [-0.3, -0.25) is 4.79 Å². The monoisotopic (exact) mass is 241 g/mol. The van der Waals surface area contributed by atoms with E-state index in [1.165, 1.54) is 19.4 Å². The third-order valence-corrected chi connectivity index (χ3v) is 3.98. The van der Waals surface area contributed by atoms with Crippen LogP contribution in [-0.2, 0) is 4.79 Å². The highest BCUT2D eigenvalue weighted by Gasteiger charge is 2.27. The van der Waals surface area contributed by atoms with Crippen molar-refractivity contribution < 1.29 is 4.79 Å². The molecule has 1 amide bonds. The molecule has 1 rings (SSSR count). The highest BCUT2D eigenvalue weighted by Crippen LogP contribution is 2.22. The van der Waals surface area contributed by atoms with E-state index in [0.29, 0.717) is 12.5 Å². The van der Waals surface area contributed by atoms with Gasteiger partial charge in [0.05, 0.1) is 5.54 Å². The summed E-state index contributed by atoms with van der Waals surface area (Å²) in [6.07, 6.45) is 4.16. The largest absolute Gasteiger partial charge is 0.368 e. The van der Waals surface area contributed by atoms with Crippen LogP contribution in [0.2, 0.25) is 0 Å². The van der Waals surface area contributed by atoms with E-state index in [0.717, 1.165) is 18.9 Å². The third kappa shape index (κ3) is 4.28. The molecule has 4 N–H and O–H groups in total. The van der Waals surface area contributed by atoms with Crippen LogP contribution in [-0.4, -0.2) is 35.5 Å². The van der Waals surface area contributed by atoms with E-state index >= 15 is 0 Å². The van der Waals surface area contributed by atoms with Crippen LogP contribution in [0.15, 0.2) is 0 Å². The molecule has 4 nitrogen and oxygen atoms in total. The fourth-order valence-electron chi connectivity index (χ4n) is 2.56. The second kappa shape index (κ2) is 5.83. The second-order valence-corrected chi connectivity index (χ2v) is 5.90. The molecule has 1 saturated heterocycles. The van der Waals surface area contributed by atoms with Gasteiger partial charge in [-0.2, -0.15) is 0 Å². The van der Waals surface area contributed by atoms with E-state index in [1.807, 2.05) is 0 Å². The van der Waals surface area contributed by atoms with Crippen molar-refractivity contribution in [1.82, 2.24) is 4.90 Å². The van der Waals surface area contributed by atoms with E-state index in [2.05, 4.69) is 18.7 Å². The molecule has 1 aliphatic heterocycles. The first-order chi connectivity index (χ1) is 7.83. The number of carbonyl (C=O) groups is 1. The quantitative estimate of drug-likeness (QED) is 0.757. The molecule has 0 bridgehead atoms. The van der Waals surface area contributed by atoms with Crippen LogP contribution < -0.4 is 11.5 Å². The van der Waals surface area contributed by atoms with E-state index in [9.17, 15) is 4.79 Å². The molecule has 3 unspecified atom stereocenters. The van der Waals surface area contributed by atoms with Crippen LogP contribution in [0.5, 0.6) is 0 Å². The molecule has 3 atom stereocenters.